The molecule has 0 aliphatic carbocycles. The molecule has 1 aromatic carbocycles. The third-order valence-electron chi connectivity index (χ3n) is 2.40. The minimum absolute atomic E-state index is 0.135. The zero-order valence-electron chi connectivity index (χ0n) is 9.63. The zero-order valence-corrected chi connectivity index (χ0v) is 9.63. The Morgan fingerprint density at radius 3 is 2.61 bits per heavy atom. The van der Waals surface area contributed by atoms with Crippen molar-refractivity contribution in [1.82, 2.24) is 4.98 Å². The third-order valence-corrected chi connectivity index (χ3v) is 2.40. The van der Waals surface area contributed by atoms with Gasteiger partial charge in [0, 0.05) is 18.1 Å². The van der Waals surface area contributed by atoms with Gasteiger partial charge in [-0.05, 0) is 29.3 Å². The van der Waals surface area contributed by atoms with Crippen LogP contribution in [0, 0.1) is 11.3 Å². The number of hydrogen-bond acceptors (Lipinski definition) is 3. The third kappa shape index (κ3) is 2.92. The summed E-state index contributed by atoms with van der Waals surface area (Å²) >= 11 is 0. The van der Waals surface area contributed by atoms with Crippen molar-refractivity contribution in [3.05, 3.63) is 48.8 Å². The van der Waals surface area contributed by atoms with Gasteiger partial charge in [-0.2, -0.15) is 5.26 Å². The first-order chi connectivity index (χ1) is 8.79. The topological polar surface area (TPSA) is 65.8 Å². The van der Waals surface area contributed by atoms with Crippen LogP contribution in [0.1, 0.15) is 6.42 Å². The van der Waals surface area contributed by atoms with Crippen molar-refractivity contribution in [2.24, 2.45) is 0 Å². The van der Waals surface area contributed by atoms with Gasteiger partial charge < -0.3 is 5.32 Å². The molecule has 1 amide bonds. The van der Waals surface area contributed by atoms with Crippen molar-refractivity contribution < 1.29 is 4.79 Å². The summed E-state index contributed by atoms with van der Waals surface area (Å²) in [6.45, 7) is 0. The molecule has 0 radical (unpaired) electrons. The van der Waals surface area contributed by atoms with Crippen molar-refractivity contribution in [2.75, 3.05) is 5.32 Å². The molecule has 0 bridgehead atoms. The molecular weight excluding hydrogens is 226 g/mol. The van der Waals surface area contributed by atoms with Gasteiger partial charge in [-0.3, -0.25) is 9.78 Å². The van der Waals surface area contributed by atoms with Crippen LogP contribution in [0.5, 0.6) is 0 Å². The maximum absolute atomic E-state index is 11.2. The molecule has 18 heavy (non-hydrogen) atoms. The van der Waals surface area contributed by atoms with E-state index in [4.69, 9.17) is 5.26 Å². The second-order valence-corrected chi connectivity index (χ2v) is 3.70. The van der Waals surface area contributed by atoms with Crippen molar-refractivity contribution in [1.29, 1.82) is 5.26 Å². The number of pyridine rings is 1. The number of nitriles is 1. The van der Waals surface area contributed by atoms with E-state index in [0.717, 1.165) is 11.1 Å². The highest BCUT2D eigenvalue weighted by Crippen LogP contribution is 2.20. The molecule has 0 aliphatic rings. The lowest BCUT2D eigenvalue weighted by Crippen LogP contribution is -2.09. The summed E-state index contributed by atoms with van der Waals surface area (Å²) in [6, 6.07) is 13.1. The summed E-state index contributed by atoms with van der Waals surface area (Å²) in [5.74, 6) is -0.299. The summed E-state index contributed by atoms with van der Waals surface area (Å²) in [4.78, 5) is 15.3. The molecule has 1 heterocycles. The highest BCUT2D eigenvalue weighted by Gasteiger charge is 2.01. The van der Waals surface area contributed by atoms with Gasteiger partial charge in [0.25, 0.3) is 0 Å². The van der Waals surface area contributed by atoms with Gasteiger partial charge in [-0.15, -0.1) is 0 Å². The summed E-state index contributed by atoms with van der Waals surface area (Å²) in [6.07, 6.45) is 3.37. The number of rotatable bonds is 3. The highest BCUT2D eigenvalue weighted by molar-refractivity contribution is 5.92. The number of benzene rings is 1. The second kappa shape index (κ2) is 5.60. The minimum atomic E-state index is -0.299. The highest BCUT2D eigenvalue weighted by atomic mass is 16.1. The SMILES string of the molecule is N#CCC(=O)Nc1ccc(-c2cccnc2)cc1. The first-order valence-electron chi connectivity index (χ1n) is 5.47. The van der Waals surface area contributed by atoms with Crippen LogP contribution in [-0.4, -0.2) is 10.9 Å². The van der Waals surface area contributed by atoms with E-state index in [2.05, 4.69) is 10.3 Å². The van der Waals surface area contributed by atoms with Crippen LogP contribution >= 0.6 is 0 Å². The summed E-state index contributed by atoms with van der Waals surface area (Å²) in [5.41, 5.74) is 2.73. The van der Waals surface area contributed by atoms with Crippen molar-refractivity contribution in [3.8, 4) is 17.2 Å². The molecule has 0 unspecified atom stereocenters. The Labute approximate surface area is 105 Å². The van der Waals surface area contributed by atoms with Crippen molar-refractivity contribution in [3.63, 3.8) is 0 Å². The fourth-order valence-electron chi connectivity index (χ4n) is 1.56. The Kier molecular flexibility index (Phi) is 3.67. The van der Waals surface area contributed by atoms with Crippen LogP contribution in [0.2, 0.25) is 0 Å². The fraction of sp³-hybridized carbons (Fsp3) is 0.0714. The lowest BCUT2D eigenvalue weighted by atomic mass is 10.1. The van der Waals surface area contributed by atoms with Gasteiger partial charge in [0.05, 0.1) is 6.07 Å². The van der Waals surface area contributed by atoms with Gasteiger partial charge in [0.15, 0.2) is 0 Å². The Bertz CT molecular complexity index is 570. The van der Waals surface area contributed by atoms with E-state index in [-0.39, 0.29) is 12.3 Å². The smallest absolute Gasteiger partial charge is 0.238 e. The molecule has 0 saturated carbocycles. The standard InChI is InChI=1S/C14H11N3O/c15-8-7-14(18)17-13-5-3-11(4-6-13)12-2-1-9-16-10-12/h1-6,9-10H,7H2,(H,17,18). The van der Waals surface area contributed by atoms with E-state index in [0.29, 0.717) is 5.69 Å². The lowest BCUT2D eigenvalue weighted by molar-refractivity contribution is -0.115. The van der Waals surface area contributed by atoms with E-state index in [1.165, 1.54) is 0 Å². The molecule has 2 aromatic rings. The second-order valence-electron chi connectivity index (χ2n) is 3.70. The molecule has 1 aromatic heterocycles. The average molecular weight is 237 g/mol. The van der Waals surface area contributed by atoms with Crippen molar-refractivity contribution >= 4 is 11.6 Å². The van der Waals surface area contributed by atoms with E-state index in [1.807, 2.05) is 24.3 Å². The normalized spacial score (nSPS) is 9.50. The van der Waals surface area contributed by atoms with Crippen LogP contribution in [0.3, 0.4) is 0 Å². The van der Waals surface area contributed by atoms with Crippen molar-refractivity contribution in [2.45, 2.75) is 6.42 Å². The van der Waals surface area contributed by atoms with Gasteiger partial charge in [-0.1, -0.05) is 18.2 Å². The van der Waals surface area contributed by atoms with Crippen LogP contribution in [0.4, 0.5) is 5.69 Å². The average Bonchev–Trinajstić information content (AvgIpc) is 2.41. The van der Waals surface area contributed by atoms with Crippen LogP contribution in [-0.2, 0) is 4.79 Å². The summed E-state index contributed by atoms with van der Waals surface area (Å²) < 4.78 is 0. The maximum atomic E-state index is 11.2. The maximum Gasteiger partial charge on any atom is 0.238 e. The van der Waals surface area contributed by atoms with E-state index in [9.17, 15) is 4.79 Å². The molecule has 0 spiro atoms. The quantitative estimate of drug-likeness (QED) is 0.892. The van der Waals surface area contributed by atoms with E-state index in [1.54, 1.807) is 30.6 Å². The van der Waals surface area contributed by atoms with Gasteiger partial charge in [0.2, 0.25) is 5.91 Å². The van der Waals surface area contributed by atoms with Gasteiger partial charge >= 0.3 is 0 Å². The largest absolute Gasteiger partial charge is 0.325 e. The zero-order chi connectivity index (χ0) is 12.8. The Hall–Kier alpha value is -2.67. The van der Waals surface area contributed by atoms with Crippen LogP contribution < -0.4 is 5.32 Å². The number of nitrogens with zero attached hydrogens (tertiary/aromatic N) is 2. The fourth-order valence-corrected chi connectivity index (χ4v) is 1.56. The van der Waals surface area contributed by atoms with E-state index < -0.39 is 0 Å². The molecule has 0 fully saturated rings. The minimum Gasteiger partial charge on any atom is -0.325 e. The molecule has 88 valence electrons. The number of anilines is 1. The molecule has 4 nitrogen and oxygen atoms in total. The molecule has 1 N–H and O–H groups in total. The number of hydrogen-bond donors (Lipinski definition) is 1. The number of carbonyl (C=O) groups is 1. The number of amides is 1. The summed E-state index contributed by atoms with van der Waals surface area (Å²) in [5, 5.41) is 11.0. The Morgan fingerprint density at radius 1 is 1.22 bits per heavy atom. The number of carbonyl (C=O) groups excluding carboxylic acids is 1. The molecule has 2 rings (SSSR count). The van der Waals surface area contributed by atoms with Crippen LogP contribution in [0.25, 0.3) is 11.1 Å². The predicted octanol–water partition coefficient (Wildman–Crippen LogP) is 2.60. The van der Waals surface area contributed by atoms with Crippen LogP contribution in [0.15, 0.2) is 48.8 Å². The molecule has 0 atom stereocenters. The first kappa shape index (κ1) is 11.8. The first-order valence-corrected chi connectivity index (χ1v) is 5.47. The predicted molar refractivity (Wildman–Crippen MR) is 68.5 cm³/mol. The molecule has 4 heteroatoms. The lowest BCUT2D eigenvalue weighted by Gasteiger charge is -2.04. The van der Waals surface area contributed by atoms with E-state index >= 15 is 0 Å². The monoisotopic (exact) mass is 237 g/mol. The number of aromatic nitrogens is 1. The Balaban J connectivity index is 2.11. The molecule has 0 aliphatic heterocycles. The van der Waals surface area contributed by atoms with Gasteiger partial charge in [-0.25, -0.2) is 0 Å². The molecular formula is C14H11N3O. The number of nitrogens with one attached hydrogen (secondary N) is 1. The molecule has 0 saturated heterocycles. The Morgan fingerprint density at radius 2 is 2.00 bits per heavy atom. The summed E-state index contributed by atoms with van der Waals surface area (Å²) in [7, 11) is 0. The van der Waals surface area contributed by atoms with Gasteiger partial charge in [0.1, 0.15) is 6.42 Å².